The Kier molecular flexibility index (Phi) is 29.8. The van der Waals surface area contributed by atoms with Crippen molar-refractivity contribution in [3.63, 3.8) is 0 Å². The summed E-state index contributed by atoms with van der Waals surface area (Å²) in [5.74, 6) is 11.3. The average Bonchev–Trinajstić information content (AvgIpc) is 1.61. The number of methoxy groups -OCH3 is 8. The summed E-state index contributed by atoms with van der Waals surface area (Å²) in [6.07, 6.45) is 16.2. The number of aromatic nitrogens is 15. The largest absolute Gasteiger partial charge is 0.497 e. The molecule has 5 aromatic carbocycles. The molecule has 3 fully saturated rings. The van der Waals surface area contributed by atoms with Gasteiger partial charge in [-0.3, -0.25) is 18.4 Å². The molecule has 0 aliphatic heterocycles. The lowest BCUT2D eigenvalue weighted by Crippen LogP contribution is -2.30. The lowest BCUT2D eigenvalue weighted by molar-refractivity contribution is 0.327. The number of fused-ring (bicyclic) bond motifs is 3. The van der Waals surface area contributed by atoms with Gasteiger partial charge >= 0.3 is 0 Å². The van der Waals surface area contributed by atoms with Crippen LogP contribution in [0.4, 0.5) is 16.4 Å². The van der Waals surface area contributed by atoms with E-state index < -0.39 is 10.0 Å². The molecule has 14 aromatic rings. The third-order valence-electron chi connectivity index (χ3n) is 20.3. The SMILES string of the molecule is BrCC1CC1.C.CCOc1cccc(-c2nc3ncc(CCC4CC4)nc3n2-c2c(OC)cccc2OC)n1.CCOc1cccc(-c2nc3ncc(N(Cc4ccc(OC)cc4)CC4CC4)nc3n2-c2c(OC)cccc2OC)n1.CCOc1cccc(-c2nc3ncc(N(Cc4ccc(OC)cc4)S(C)(=O)=O)nc3n2-c2c(OC)cccc2OC)n1.[3H]F. The first-order valence-corrected chi connectivity index (χ1v) is 43.2. The molecule has 3 aliphatic carbocycles. The molecule has 3 aliphatic rings. The second-order valence-corrected chi connectivity index (χ2v) is 31.4. The highest BCUT2D eigenvalue weighted by molar-refractivity contribution is 9.09. The average molecular weight is 1780 g/mol. The number of hydrogen-bond acceptors (Lipinski definition) is 26. The normalized spacial score (nSPS) is 12.7. The third kappa shape index (κ3) is 21.2. The molecule has 9 heterocycles. The zero-order valence-corrected chi connectivity index (χ0v) is 73.1. The van der Waals surface area contributed by atoms with Crippen molar-refractivity contribution in [1.29, 1.82) is 1.45 Å². The number of alkyl halides is 1. The van der Waals surface area contributed by atoms with Gasteiger partial charge in [0.25, 0.3) is 1.45 Å². The highest BCUT2D eigenvalue weighted by atomic mass is 79.9. The van der Waals surface area contributed by atoms with Crippen LogP contribution in [0.3, 0.4) is 0 Å². The maximum Gasteiger partial charge on any atom is 0.269 e. The summed E-state index contributed by atoms with van der Waals surface area (Å²) in [5.41, 5.74) is 9.24. The van der Waals surface area contributed by atoms with Crippen molar-refractivity contribution in [1.82, 2.24) is 73.5 Å². The Labute approximate surface area is 730 Å². The van der Waals surface area contributed by atoms with Gasteiger partial charge in [0.15, 0.2) is 57.2 Å². The molecule has 0 N–H and O–H groups in total. The second-order valence-electron chi connectivity index (χ2n) is 28.9. The number of benzene rings is 5. The standard InChI is InChI=1S/C32H34N6O4.C29H30N6O6S.C25H27N5O3.C4H7Br.CH4.FH/c1-5-42-28-11-6-8-24(34-28)31-36-30-32(38(31)29-25(40-3)9-7-10-26(29)41-4)35-27(18-33-30)37(19-21-12-13-21)20-22-14-16-23(39-2)17-15-22;1-6-41-25-12-7-9-21(31-25)28-33-27-29(35(28)26-22(39-3)10-8-11-23(26)40-4)32-24(17-30-27)34(42(5,36)37)18-19-13-15-20(38-2)16-14-19;1-4-33-21-10-5-7-18(28-21)24-29-23-25(27-17(15-26-23)14-13-16-11-12-16)30(24)22-19(31-2)8-6-9-20(22)32-3;5-3-4-1-2-4;;/h6-11,14-18,21H,5,12-13,19-20H2,1-4H3;7-17H,6,18H2,1-5H3;5-10,15-16H,4,11-14H2,1-3H3;4H,1-3H2;1H4;1H/i/hT. The predicted molar refractivity (Wildman–Crippen MR) is 480 cm³/mol. The fourth-order valence-electron chi connectivity index (χ4n) is 13.7. The fraction of sp³-hybridized carbons (Fsp3) is 0.341. The zero-order valence-electron chi connectivity index (χ0n) is 71.7. The minimum Gasteiger partial charge on any atom is -0.497 e. The first kappa shape index (κ1) is 88.7. The third-order valence-corrected chi connectivity index (χ3v) is 22.4. The molecule has 650 valence electrons. The Morgan fingerprint density at radius 2 is 0.766 bits per heavy atom. The summed E-state index contributed by atoms with van der Waals surface area (Å²) in [6.45, 7) is 8.82. The minimum absolute atomic E-state index is 0. The molecule has 9 aromatic heterocycles. The van der Waals surface area contributed by atoms with Gasteiger partial charge in [-0.05, 0) is 167 Å². The molecular weight excluding hydrogens is 1670 g/mol. The Bertz CT molecular complexity index is 6000. The number of sulfonamides is 1. The molecule has 0 bridgehead atoms. The summed E-state index contributed by atoms with van der Waals surface area (Å²) in [5, 5.41) is 1.23. The zero-order chi connectivity index (χ0) is 87.4. The van der Waals surface area contributed by atoms with Crippen molar-refractivity contribution in [2.75, 3.05) is 104 Å². The van der Waals surface area contributed by atoms with Gasteiger partial charge in [0.1, 0.15) is 86.0 Å². The van der Waals surface area contributed by atoms with Crippen LogP contribution in [-0.4, -0.2) is 178 Å². The van der Waals surface area contributed by atoms with Crippen LogP contribution >= 0.6 is 15.9 Å². The number of halogens is 2. The van der Waals surface area contributed by atoms with Crippen molar-refractivity contribution in [3.05, 3.63) is 193 Å². The Balaban J connectivity index is 0.000000165. The minimum atomic E-state index is -3.77. The molecule has 0 atom stereocenters. The highest BCUT2D eigenvalue weighted by Crippen LogP contribution is 2.44. The number of ether oxygens (including phenoxy) is 11. The van der Waals surface area contributed by atoms with Crippen molar-refractivity contribution in [2.24, 2.45) is 17.8 Å². The van der Waals surface area contributed by atoms with Gasteiger partial charge in [0.2, 0.25) is 27.7 Å². The van der Waals surface area contributed by atoms with Crippen LogP contribution in [0, 0.1) is 17.8 Å². The summed E-state index contributed by atoms with van der Waals surface area (Å²) in [7, 11) is 9.10. The smallest absolute Gasteiger partial charge is 0.269 e. The van der Waals surface area contributed by atoms with Gasteiger partial charge in [0, 0.05) is 36.6 Å². The first-order chi connectivity index (χ1) is 60.5. The number of imidazole rings is 3. The number of pyridine rings is 3. The first-order valence-electron chi connectivity index (χ1n) is 40.7. The van der Waals surface area contributed by atoms with E-state index in [1.165, 1.54) is 54.4 Å². The topological polar surface area (TPSA) is 312 Å². The van der Waals surface area contributed by atoms with Crippen molar-refractivity contribution >= 4 is 71.5 Å². The number of aryl methyl sites for hydroxylation is 1. The molecular formula is C91H103BrFN17O13S. The molecule has 0 amide bonds. The van der Waals surface area contributed by atoms with E-state index >= 15 is 0 Å². The van der Waals surface area contributed by atoms with Crippen LogP contribution in [0.2, 0.25) is 0 Å². The number of nitrogens with zero attached hydrogens (tertiary/aromatic N) is 17. The lowest BCUT2D eigenvalue weighted by atomic mass is 10.2. The lowest BCUT2D eigenvalue weighted by Gasteiger charge is -2.24. The maximum absolute atomic E-state index is 13.0. The van der Waals surface area contributed by atoms with E-state index in [1.807, 2.05) is 127 Å². The number of anilines is 2. The quantitative estimate of drug-likeness (QED) is 0.0345. The molecule has 3 saturated carbocycles. The molecule has 17 rings (SSSR count). The van der Waals surface area contributed by atoms with Crippen LogP contribution in [0.1, 0.15) is 90.0 Å². The van der Waals surface area contributed by atoms with Crippen LogP contribution in [0.5, 0.6) is 63.6 Å². The Morgan fingerprint density at radius 1 is 0.419 bits per heavy atom. The van der Waals surface area contributed by atoms with Gasteiger partial charge in [0.05, 0.1) is 114 Å². The van der Waals surface area contributed by atoms with E-state index in [9.17, 15) is 8.42 Å². The van der Waals surface area contributed by atoms with E-state index in [0.29, 0.717) is 164 Å². The van der Waals surface area contributed by atoms with Gasteiger partial charge < -0.3 is 57.0 Å². The summed E-state index contributed by atoms with van der Waals surface area (Å²) >= 11 is 3.38. The van der Waals surface area contributed by atoms with E-state index in [2.05, 4.69) is 54.3 Å². The van der Waals surface area contributed by atoms with Crippen LogP contribution in [0.25, 0.3) is 85.5 Å². The predicted octanol–water partition coefficient (Wildman–Crippen LogP) is 17.2. The second kappa shape index (κ2) is 41.7. The van der Waals surface area contributed by atoms with Crippen molar-refractivity contribution in [3.8, 4) is 115 Å². The number of para-hydroxylation sites is 3. The molecule has 0 saturated heterocycles. The van der Waals surface area contributed by atoms with Gasteiger partial charge in [-0.1, -0.05) is 96.9 Å². The number of rotatable bonds is 33. The molecule has 33 heteroatoms. The van der Waals surface area contributed by atoms with Crippen molar-refractivity contribution < 1.29 is 65.2 Å². The number of hydrogen-bond donors (Lipinski definition) is 0. The van der Waals surface area contributed by atoms with E-state index in [0.717, 1.165) is 65.9 Å². The summed E-state index contributed by atoms with van der Waals surface area (Å²) in [4.78, 5) is 59.8. The van der Waals surface area contributed by atoms with Crippen LogP contribution in [0.15, 0.2) is 176 Å². The molecule has 124 heavy (non-hydrogen) atoms. The molecule has 0 spiro atoms. The highest BCUT2D eigenvalue weighted by Gasteiger charge is 2.32. The van der Waals surface area contributed by atoms with E-state index in [-0.39, 0.29) is 31.1 Å². The summed E-state index contributed by atoms with van der Waals surface area (Å²) < 4.78 is 108. The molecule has 0 unspecified atom stereocenters. The van der Waals surface area contributed by atoms with E-state index in [1.54, 1.807) is 122 Å². The fourth-order valence-corrected chi connectivity index (χ4v) is 15.1. The van der Waals surface area contributed by atoms with Gasteiger partial charge in [-0.15, -0.1) is 0 Å². The summed E-state index contributed by atoms with van der Waals surface area (Å²) in [6, 6.07) is 48.5. The monoisotopic (exact) mass is 1770 g/mol. The molecule has 30 nitrogen and oxygen atoms in total. The Hall–Kier alpha value is -13.0. The van der Waals surface area contributed by atoms with Crippen molar-refractivity contribution in [2.45, 2.75) is 92.7 Å². The van der Waals surface area contributed by atoms with Gasteiger partial charge in [-0.25, -0.2) is 72.5 Å². The maximum atomic E-state index is 13.0. The van der Waals surface area contributed by atoms with Crippen LogP contribution < -0.4 is 61.3 Å². The Morgan fingerprint density at radius 3 is 1.10 bits per heavy atom. The van der Waals surface area contributed by atoms with Crippen LogP contribution in [-0.2, 0) is 29.5 Å². The van der Waals surface area contributed by atoms with Gasteiger partial charge in [-0.2, -0.15) is 0 Å². The molecule has 0 radical (unpaired) electrons. The van der Waals surface area contributed by atoms with E-state index in [4.69, 9.17) is 96.7 Å².